The lowest BCUT2D eigenvalue weighted by atomic mass is 9.94. The Bertz CT molecular complexity index is 901. The standard InChI is InChI=1S/C26H36ClNO5.C6H12O.C2H6.CH4O/c1-3-4-15-24(33-26(28)32)16-12-14-23(29)19-18-21(2)22(20-27)13-10-8-6-5-7-9-11-17-25(30)31;7-6-4-2-1-3-5-6;2*1-2/h4-11,13,15,17,21,24H,3,12,14,16,18-20H2,1-2H3,(H2,28,32)(H,30,31);6-7H,1-5H2;1-2H3;2H,1H3/b6-5+,9-7+,10-8+,15-4+,17-11+,22-13+;;;. The van der Waals surface area contributed by atoms with Crippen molar-refractivity contribution < 1.29 is 34.4 Å². The van der Waals surface area contributed by atoms with Gasteiger partial charge in [-0.25, -0.2) is 9.59 Å². The molecule has 1 saturated carbocycles. The lowest BCUT2D eigenvalue weighted by molar-refractivity contribution is -0.131. The molecule has 1 fully saturated rings. The van der Waals surface area contributed by atoms with Gasteiger partial charge >= 0.3 is 12.1 Å². The number of aliphatic hydroxyl groups is 2. The summed E-state index contributed by atoms with van der Waals surface area (Å²) in [4.78, 5) is 33.6. The lowest BCUT2D eigenvalue weighted by Crippen LogP contribution is -2.21. The Hall–Kier alpha value is -2.94. The number of hydrogen-bond donors (Lipinski definition) is 4. The second kappa shape index (κ2) is 34.5. The number of carbonyl (C=O) groups excluding carboxylic acids is 2. The summed E-state index contributed by atoms with van der Waals surface area (Å²) in [6.07, 6.45) is 27.3. The number of hydrogen-bond acceptors (Lipinski definition) is 6. The molecular formula is C35H58ClNO7. The molecule has 0 saturated heterocycles. The first-order valence-electron chi connectivity index (χ1n) is 15.6. The number of allylic oxidation sites excluding steroid dienone is 10. The van der Waals surface area contributed by atoms with Crippen LogP contribution in [0.25, 0.3) is 0 Å². The Balaban J connectivity index is -0.00000129. The van der Waals surface area contributed by atoms with Crippen LogP contribution in [0.1, 0.15) is 98.3 Å². The van der Waals surface area contributed by atoms with E-state index in [1.54, 1.807) is 18.2 Å². The zero-order valence-electron chi connectivity index (χ0n) is 27.5. The second-order valence-electron chi connectivity index (χ2n) is 9.70. The van der Waals surface area contributed by atoms with E-state index in [0.717, 1.165) is 44.4 Å². The predicted molar refractivity (Wildman–Crippen MR) is 183 cm³/mol. The van der Waals surface area contributed by atoms with Crippen LogP contribution in [0.2, 0.25) is 0 Å². The highest BCUT2D eigenvalue weighted by molar-refractivity contribution is 6.19. The smallest absolute Gasteiger partial charge is 0.405 e. The van der Waals surface area contributed by atoms with E-state index in [1.807, 2.05) is 57.2 Å². The van der Waals surface area contributed by atoms with Crippen molar-refractivity contribution in [3.8, 4) is 0 Å². The predicted octanol–water partition coefficient (Wildman–Crippen LogP) is 7.99. The number of carbonyl (C=O) groups is 3. The topological polar surface area (TPSA) is 147 Å². The van der Waals surface area contributed by atoms with Crippen LogP contribution in [0.5, 0.6) is 0 Å². The fraction of sp³-hybridized carbons (Fsp3) is 0.571. The molecule has 1 aliphatic carbocycles. The summed E-state index contributed by atoms with van der Waals surface area (Å²) in [5, 5.41) is 24.4. The summed E-state index contributed by atoms with van der Waals surface area (Å²) in [5.74, 6) is -0.240. The Morgan fingerprint density at radius 2 is 1.50 bits per heavy atom. The molecule has 44 heavy (non-hydrogen) atoms. The molecule has 2 unspecified atom stereocenters. The molecule has 0 aromatic carbocycles. The van der Waals surface area contributed by atoms with Crippen LogP contribution in [-0.4, -0.2) is 58.4 Å². The minimum Gasteiger partial charge on any atom is -0.478 e. The highest BCUT2D eigenvalue weighted by atomic mass is 35.5. The Morgan fingerprint density at radius 3 is 1.98 bits per heavy atom. The van der Waals surface area contributed by atoms with Crippen molar-refractivity contribution in [1.82, 2.24) is 0 Å². The van der Waals surface area contributed by atoms with Gasteiger partial charge in [-0.2, -0.15) is 0 Å². The first-order valence-corrected chi connectivity index (χ1v) is 16.2. The minimum atomic E-state index is -0.985. The van der Waals surface area contributed by atoms with Crippen molar-refractivity contribution in [3.63, 3.8) is 0 Å². The molecule has 1 amide bonds. The number of halogens is 1. The molecule has 0 spiro atoms. The number of ether oxygens (including phenoxy) is 1. The van der Waals surface area contributed by atoms with Crippen molar-refractivity contribution >= 4 is 29.4 Å². The monoisotopic (exact) mass is 639 g/mol. The molecular weight excluding hydrogens is 582 g/mol. The number of nitrogens with two attached hydrogens (primary N) is 1. The summed E-state index contributed by atoms with van der Waals surface area (Å²) in [6.45, 7) is 8.04. The van der Waals surface area contributed by atoms with E-state index in [-0.39, 0.29) is 17.8 Å². The molecule has 252 valence electrons. The average Bonchev–Trinajstić information content (AvgIpc) is 3.02. The Labute approximate surface area is 271 Å². The largest absolute Gasteiger partial charge is 0.478 e. The van der Waals surface area contributed by atoms with E-state index in [9.17, 15) is 14.4 Å². The van der Waals surface area contributed by atoms with Gasteiger partial charge in [0.25, 0.3) is 0 Å². The van der Waals surface area contributed by atoms with E-state index >= 15 is 0 Å². The number of rotatable bonds is 17. The van der Waals surface area contributed by atoms with Gasteiger partial charge in [0.15, 0.2) is 0 Å². The number of carboxylic acids is 1. The van der Waals surface area contributed by atoms with Crippen molar-refractivity contribution in [2.75, 3.05) is 13.0 Å². The van der Waals surface area contributed by atoms with E-state index in [1.165, 1.54) is 25.3 Å². The molecule has 1 rings (SSSR count). The van der Waals surface area contributed by atoms with Crippen LogP contribution in [0.3, 0.4) is 0 Å². The minimum absolute atomic E-state index is 0.0359. The molecule has 0 bridgehead atoms. The third-order valence-corrected chi connectivity index (χ3v) is 6.54. The van der Waals surface area contributed by atoms with Crippen LogP contribution in [0.4, 0.5) is 4.79 Å². The molecule has 0 heterocycles. The molecule has 9 heteroatoms. The SMILES string of the molecule is CC.CC/C=C/C(CCCC(=O)CCC(C)/C(=C/C=C/C=C/C=C/C=C/C(=O)O)CCl)OC(N)=O.CO.OC1CCCCC1. The Kier molecular flexibility index (Phi) is 35.7. The van der Waals surface area contributed by atoms with Crippen molar-refractivity contribution in [3.05, 3.63) is 72.4 Å². The van der Waals surface area contributed by atoms with Gasteiger partial charge in [-0.15, -0.1) is 11.6 Å². The normalized spacial score (nSPS) is 15.3. The van der Waals surface area contributed by atoms with Crippen LogP contribution in [0, 0.1) is 5.92 Å². The summed E-state index contributed by atoms with van der Waals surface area (Å²) < 4.78 is 5.05. The van der Waals surface area contributed by atoms with Gasteiger partial charge in [0.05, 0.1) is 6.10 Å². The fourth-order valence-corrected chi connectivity index (χ4v) is 4.23. The first-order chi connectivity index (χ1) is 21.2. The Morgan fingerprint density at radius 1 is 0.932 bits per heavy atom. The summed E-state index contributed by atoms with van der Waals surface area (Å²) >= 11 is 6.07. The number of aliphatic carboxylic acids is 1. The van der Waals surface area contributed by atoms with Crippen LogP contribution < -0.4 is 5.73 Å². The maximum atomic E-state index is 12.3. The number of carboxylic acid groups (broad SMARTS) is 1. The number of ketones is 1. The highest BCUT2D eigenvalue weighted by Gasteiger charge is 2.13. The third-order valence-electron chi connectivity index (χ3n) is 6.23. The van der Waals surface area contributed by atoms with Gasteiger partial charge in [-0.1, -0.05) is 107 Å². The van der Waals surface area contributed by atoms with E-state index in [4.69, 9.17) is 37.4 Å². The first kappa shape index (κ1) is 45.5. The molecule has 1 aliphatic rings. The maximum absolute atomic E-state index is 12.3. The molecule has 8 nitrogen and oxygen atoms in total. The number of amides is 1. The zero-order valence-corrected chi connectivity index (χ0v) is 28.3. The lowest BCUT2D eigenvalue weighted by Gasteiger charge is -2.14. The molecule has 5 N–H and O–H groups in total. The number of primary amides is 1. The van der Waals surface area contributed by atoms with Gasteiger partial charge in [0.2, 0.25) is 0 Å². The summed E-state index contributed by atoms with van der Waals surface area (Å²) in [5.41, 5.74) is 6.14. The fourth-order valence-electron chi connectivity index (χ4n) is 3.88. The molecule has 0 aliphatic heterocycles. The van der Waals surface area contributed by atoms with Crippen molar-refractivity contribution in [2.24, 2.45) is 11.7 Å². The third kappa shape index (κ3) is 32.0. The van der Waals surface area contributed by atoms with Crippen LogP contribution in [0.15, 0.2) is 72.4 Å². The highest BCUT2D eigenvalue weighted by Crippen LogP contribution is 2.20. The molecule has 0 aromatic heterocycles. The van der Waals surface area contributed by atoms with Gasteiger partial charge in [-0.05, 0) is 50.5 Å². The van der Waals surface area contributed by atoms with E-state index in [2.05, 4.69) is 6.92 Å². The van der Waals surface area contributed by atoms with Gasteiger partial charge in [0, 0.05) is 31.9 Å². The summed E-state index contributed by atoms with van der Waals surface area (Å²) in [7, 11) is 1.00. The number of aliphatic hydroxyl groups excluding tert-OH is 2. The second-order valence-corrected chi connectivity index (χ2v) is 9.97. The molecule has 0 aromatic rings. The van der Waals surface area contributed by atoms with Crippen molar-refractivity contribution in [1.29, 1.82) is 0 Å². The zero-order chi connectivity index (χ0) is 34.0. The molecule has 0 radical (unpaired) electrons. The van der Waals surface area contributed by atoms with E-state index < -0.39 is 18.2 Å². The quantitative estimate of drug-likeness (QED) is 0.0545. The van der Waals surface area contributed by atoms with E-state index in [0.29, 0.717) is 31.6 Å². The number of alkyl halides is 1. The van der Waals surface area contributed by atoms with Crippen molar-refractivity contribution in [2.45, 2.75) is 111 Å². The maximum Gasteiger partial charge on any atom is 0.405 e. The summed E-state index contributed by atoms with van der Waals surface area (Å²) in [6, 6.07) is 0. The van der Waals surface area contributed by atoms with Crippen LogP contribution >= 0.6 is 11.6 Å². The van der Waals surface area contributed by atoms with Crippen LogP contribution in [-0.2, 0) is 14.3 Å². The molecule has 2 atom stereocenters. The van der Waals surface area contributed by atoms with Gasteiger partial charge in [0.1, 0.15) is 11.9 Å². The van der Waals surface area contributed by atoms with Gasteiger partial charge < -0.3 is 25.8 Å². The average molecular weight is 640 g/mol. The number of Topliss-reactive ketones (excluding diaryl/α,β-unsaturated/α-hetero) is 1. The van der Waals surface area contributed by atoms with Gasteiger partial charge in [-0.3, -0.25) is 4.79 Å².